The Hall–Kier alpha value is -3.15. The summed E-state index contributed by atoms with van der Waals surface area (Å²) in [5.41, 5.74) is 4.90. The third-order valence-corrected chi connectivity index (χ3v) is 3.83. The molecule has 0 saturated carbocycles. The van der Waals surface area contributed by atoms with Gasteiger partial charge in [0.25, 0.3) is 5.91 Å². The molecule has 0 aliphatic rings. The topological polar surface area (TPSA) is 77.0 Å². The third-order valence-electron chi connectivity index (χ3n) is 3.83. The van der Waals surface area contributed by atoms with E-state index < -0.39 is 5.97 Å². The van der Waals surface area contributed by atoms with Gasteiger partial charge in [0.2, 0.25) is 0 Å². The molecule has 0 aliphatic heterocycles. The fourth-order valence-electron chi connectivity index (χ4n) is 2.36. The number of hydrazone groups is 1. The van der Waals surface area contributed by atoms with Crippen LogP contribution in [0.1, 0.15) is 49.2 Å². The minimum Gasteiger partial charge on any atom is -0.493 e. The van der Waals surface area contributed by atoms with Crippen LogP contribution < -0.4 is 14.9 Å². The molecule has 0 saturated heterocycles. The van der Waals surface area contributed by atoms with Crippen LogP contribution in [-0.4, -0.2) is 25.2 Å². The quantitative estimate of drug-likeness (QED) is 0.378. The molecule has 0 unspecified atom stereocenters. The molecule has 0 atom stereocenters. The number of amides is 1. The SMILES string of the molecule is COc1cc(C=NNC(=O)c2ccc(C(C)(C)C)cc2)ccc1OC(C)=O. The maximum Gasteiger partial charge on any atom is 0.308 e. The first-order valence-corrected chi connectivity index (χ1v) is 8.51. The molecular formula is C21H24N2O4. The highest BCUT2D eigenvalue weighted by atomic mass is 16.6. The van der Waals surface area contributed by atoms with Gasteiger partial charge in [0.15, 0.2) is 11.5 Å². The second-order valence-corrected chi connectivity index (χ2v) is 7.03. The summed E-state index contributed by atoms with van der Waals surface area (Å²) < 4.78 is 10.2. The minimum atomic E-state index is -0.431. The summed E-state index contributed by atoms with van der Waals surface area (Å²) in [5.74, 6) is -0.00182. The molecule has 0 spiro atoms. The largest absolute Gasteiger partial charge is 0.493 e. The number of esters is 1. The lowest BCUT2D eigenvalue weighted by atomic mass is 9.87. The van der Waals surface area contributed by atoms with Gasteiger partial charge in [0, 0.05) is 12.5 Å². The Morgan fingerprint density at radius 2 is 1.70 bits per heavy atom. The second kappa shape index (κ2) is 8.49. The average molecular weight is 368 g/mol. The smallest absolute Gasteiger partial charge is 0.308 e. The van der Waals surface area contributed by atoms with Crippen LogP contribution in [0, 0.1) is 0 Å². The first-order valence-electron chi connectivity index (χ1n) is 8.51. The molecule has 0 aromatic heterocycles. The Morgan fingerprint density at radius 1 is 1.04 bits per heavy atom. The van der Waals surface area contributed by atoms with Crippen molar-refractivity contribution in [1.29, 1.82) is 0 Å². The van der Waals surface area contributed by atoms with Crippen LogP contribution in [-0.2, 0) is 10.2 Å². The van der Waals surface area contributed by atoms with Gasteiger partial charge in [-0.25, -0.2) is 5.43 Å². The van der Waals surface area contributed by atoms with Crippen molar-refractivity contribution in [3.05, 3.63) is 59.2 Å². The molecule has 2 aromatic carbocycles. The first kappa shape index (κ1) is 20.2. The van der Waals surface area contributed by atoms with Crippen LogP contribution in [0.4, 0.5) is 0 Å². The van der Waals surface area contributed by atoms with Crippen molar-refractivity contribution in [1.82, 2.24) is 5.43 Å². The third kappa shape index (κ3) is 5.67. The molecule has 1 N–H and O–H groups in total. The number of hydrogen-bond donors (Lipinski definition) is 1. The standard InChI is InChI=1S/C21H24N2O4/c1-14(24)27-18-11-6-15(12-19(18)26-5)13-22-23-20(25)16-7-9-17(10-8-16)21(2,3)4/h6-13H,1-5H3,(H,23,25). The van der Waals surface area contributed by atoms with Crippen molar-refractivity contribution in [3.63, 3.8) is 0 Å². The van der Waals surface area contributed by atoms with E-state index in [0.717, 1.165) is 5.56 Å². The van der Waals surface area contributed by atoms with Gasteiger partial charge in [-0.15, -0.1) is 0 Å². The van der Waals surface area contributed by atoms with Crippen molar-refractivity contribution in [2.24, 2.45) is 5.10 Å². The van der Waals surface area contributed by atoms with Crippen LogP contribution in [0.15, 0.2) is 47.6 Å². The van der Waals surface area contributed by atoms with E-state index in [2.05, 4.69) is 31.3 Å². The fraction of sp³-hybridized carbons (Fsp3) is 0.286. The fourth-order valence-corrected chi connectivity index (χ4v) is 2.36. The summed E-state index contributed by atoms with van der Waals surface area (Å²) >= 11 is 0. The highest BCUT2D eigenvalue weighted by Crippen LogP contribution is 2.27. The highest BCUT2D eigenvalue weighted by molar-refractivity contribution is 5.95. The van der Waals surface area contributed by atoms with E-state index in [9.17, 15) is 9.59 Å². The Bertz CT molecular complexity index is 849. The zero-order chi connectivity index (χ0) is 20.0. The van der Waals surface area contributed by atoms with Crippen LogP contribution in [0.25, 0.3) is 0 Å². The molecule has 142 valence electrons. The Balaban J connectivity index is 2.04. The lowest BCUT2D eigenvalue weighted by Crippen LogP contribution is -2.18. The number of nitrogens with one attached hydrogen (secondary N) is 1. The predicted molar refractivity (Wildman–Crippen MR) is 105 cm³/mol. The Morgan fingerprint density at radius 3 is 2.26 bits per heavy atom. The predicted octanol–water partition coefficient (Wildman–Crippen LogP) is 3.68. The maximum atomic E-state index is 12.2. The molecule has 0 bridgehead atoms. The van der Waals surface area contributed by atoms with E-state index >= 15 is 0 Å². The molecule has 0 radical (unpaired) electrons. The Kier molecular flexibility index (Phi) is 6.34. The van der Waals surface area contributed by atoms with Crippen molar-refractivity contribution in [3.8, 4) is 11.5 Å². The molecule has 2 aromatic rings. The van der Waals surface area contributed by atoms with Crippen molar-refractivity contribution < 1.29 is 19.1 Å². The average Bonchev–Trinajstić information content (AvgIpc) is 2.61. The van der Waals surface area contributed by atoms with Gasteiger partial charge < -0.3 is 9.47 Å². The highest BCUT2D eigenvalue weighted by Gasteiger charge is 2.14. The van der Waals surface area contributed by atoms with Crippen molar-refractivity contribution >= 4 is 18.1 Å². The van der Waals surface area contributed by atoms with E-state index in [0.29, 0.717) is 22.6 Å². The summed E-state index contributed by atoms with van der Waals surface area (Å²) in [7, 11) is 1.48. The molecule has 6 nitrogen and oxygen atoms in total. The number of methoxy groups -OCH3 is 1. The van der Waals surface area contributed by atoms with E-state index in [1.807, 2.05) is 12.1 Å². The first-order chi connectivity index (χ1) is 12.7. The van der Waals surface area contributed by atoms with Gasteiger partial charge in [-0.1, -0.05) is 32.9 Å². The summed E-state index contributed by atoms with van der Waals surface area (Å²) in [5, 5.41) is 3.97. The molecule has 2 rings (SSSR count). The zero-order valence-electron chi connectivity index (χ0n) is 16.2. The lowest BCUT2D eigenvalue weighted by Gasteiger charge is -2.18. The molecule has 0 fully saturated rings. The van der Waals surface area contributed by atoms with Gasteiger partial charge in [-0.05, 0) is 46.9 Å². The summed E-state index contributed by atoms with van der Waals surface area (Å²) in [6, 6.07) is 12.4. The second-order valence-electron chi connectivity index (χ2n) is 7.03. The number of carbonyl (C=O) groups excluding carboxylic acids is 2. The number of ether oxygens (including phenoxy) is 2. The normalized spacial score (nSPS) is 11.3. The van der Waals surface area contributed by atoms with Gasteiger partial charge in [-0.2, -0.15) is 5.10 Å². The number of nitrogens with zero attached hydrogens (tertiary/aromatic N) is 1. The monoisotopic (exact) mass is 368 g/mol. The molecule has 0 heterocycles. The number of benzene rings is 2. The summed E-state index contributed by atoms with van der Waals surface area (Å²) in [6.45, 7) is 7.67. The molecule has 1 amide bonds. The lowest BCUT2D eigenvalue weighted by molar-refractivity contribution is -0.132. The van der Waals surface area contributed by atoms with E-state index in [-0.39, 0.29) is 11.3 Å². The van der Waals surface area contributed by atoms with Gasteiger partial charge in [0.1, 0.15) is 0 Å². The van der Waals surface area contributed by atoms with Gasteiger partial charge >= 0.3 is 5.97 Å². The van der Waals surface area contributed by atoms with E-state index in [4.69, 9.17) is 9.47 Å². The maximum absolute atomic E-state index is 12.2. The molecular weight excluding hydrogens is 344 g/mol. The Labute approximate surface area is 159 Å². The number of hydrogen-bond acceptors (Lipinski definition) is 5. The summed E-state index contributed by atoms with van der Waals surface area (Å²) in [4.78, 5) is 23.3. The van der Waals surface area contributed by atoms with E-state index in [1.165, 1.54) is 20.2 Å². The van der Waals surface area contributed by atoms with E-state index in [1.54, 1.807) is 30.3 Å². The molecule has 6 heteroatoms. The van der Waals surface area contributed by atoms with Crippen LogP contribution in [0.5, 0.6) is 11.5 Å². The van der Waals surface area contributed by atoms with Gasteiger partial charge in [0.05, 0.1) is 13.3 Å². The number of rotatable bonds is 5. The van der Waals surface area contributed by atoms with Crippen molar-refractivity contribution in [2.45, 2.75) is 33.1 Å². The molecule has 27 heavy (non-hydrogen) atoms. The summed E-state index contributed by atoms with van der Waals surface area (Å²) in [6.07, 6.45) is 1.49. The minimum absolute atomic E-state index is 0.0322. The van der Waals surface area contributed by atoms with Gasteiger partial charge in [-0.3, -0.25) is 9.59 Å². The van der Waals surface area contributed by atoms with Crippen molar-refractivity contribution in [2.75, 3.05) is 7.11 Å². The van der Waals surface area contributed by atoms with Crippen LogP contribution in [0.3, 0.4) is 0 Å². The van der Waals surface area contributed by atoms with Crippen LogP contribution in [0.2, 0.25) is 0 Å². The zero-order valence-corrected chi connectivity index (χ0v) is 16.2. The number of carbonyl (C=O) groups is 2. The molecule has 0 aliphatic carbocycles. The van der Waals surface area contributed by atoms with Crippen LogP contribution >= 0.6 is 0 Å².